The van der Waals surface area contributed by atoms with Gasteiger partial charge in [-0.05, 0) is 54.4 Å². The number of halogens is 2. The van der Waals surface area contributed by atoms with E-state index >= 15 is 4.39 Å². The lowest BCUT2D eigenvalue weighted by Gasteiger charge is -2.55. The van der Waals surface area contributed by atoms with Crippen molar-refractivity contribution in [3.8, 4) is 34.1 Å². The molecule has 0 amide bonds. The molecule has 5 rings (SSSR count). The van der Waals surface area contributed by atoms with Gasteiger partial charge in [-0.2, -0.15) is 9.37 Å². The second-order valence-electron chi connectivity index (χ2n) is 11.3. The molecule has 39 heavy (non-hydrogen) atoms. The molecule has 0 radical (unpaired) electrons. The van der Waals surface area contributed by atoms with E-state index in [1.54, 1.807) is 18.3 Å². The predicted octanol–water partition coefficient (Wildman–Crippen LogP) is 6.36. The van der Waals surface area contributed by atoms with E-state index < -0.39 is 15.7 Å². The van der Waals surface area contributed by atoms with Gasteiger partial charge < -0.3 is 14.7 Å². The molecule has 2 bridgehead atoms. The topological polar surface area (TPSA) is 84.3 Å². The van der Waals surface area contributed by atoms with Crippen molar-refractivity contribution in [3.63, 3.8) is 0 Å². The summed E-state index contributed by atoms with van der Waals surface area (Å²) in [5.41, 5.74) is 1.05. The third-order valence-electron chi connectivity index (χ3n) is 8.06. The van der Waals surface area contributed by atoms with Gasteiger partial charge in [0.25, 0.3) is 0 Å². The number of ether oxygens (including phenoxy) is 1. The van der Waals surface area contributed by atoms with E-state index in [9.17, 15) is 9.50 Å². The summed E-state index contributed by atoms with van der Waals surface area (Å²) in [5.74, 6) is -0.282. The van der Waals surface area contributed by atoms with E-state index in [1.165, 1.54) is 18.2 Å². The summed E-state index contributed by atoms with van der Waals surface area (Å²) in [7, 11) is 1.84. The summed E-state index contributed by atoms with van der Waals surface area (Å²) in [6.07, 6.45) is 5.32. The Kier molecular flexibility index (Phi) is 7.43. The molecular weight excluding hydrogens is 561 g/mol. The Hall–Kier alpha value is -2.31. The summed E-state index contributed by atoms with van der Waals surface area (Å²) < 4.78 is 33.7. The van der Waals surface area contributed by atoms with Crippen LogP contribution in [0.5, 0.6) is 11.6 Å². The van der Waals surface area contributed by atoms with Crippen molar-refractivity contribution < 1.29 is 18.6 Å². The van der Waals surface area contributed by atoms with Gasteiger partial charge in [-0.1, -0.05) is 26.3 Å². The fourth-order valence-electron chi connectivity index (χ4n) is 6.34. The van der Waals surface area contributed by atoms with Crippen molar-refractivity contribution in [1.82, 2.24) is 20.2 Å². The maximum Gasteiger partial charge on any atom is 0.242 e. The summed E-state index contributed by atoms with van der Waals surface area (Å²) in [6.45, 7) is 4.33. The minimum Gasteiger partial charge on any atom is -0.507 e. The highest BCUT2D eigenvalue weighted by atomic mass is 32.2. The molecule has 2 aromatic heterocycles. The van der Waals surface area contributed by atoms with Crippen LogP contribution in [0.15, 0.2) is 36.5 Å². The molecule has 3 aromatic rings. The highest BCUT2D eigenvalue weighted by Gasteiger charge is 2.54. The number of aromatic nitrogens is 4. The van der Waals surface area contributed by atoms with Crippen molar-refractivity contribution in [2.75, 3.05) is 11.9 Å². The first kappa shape index (κ1) is 28.2. The standard InChI is InChI=1S/C27H31F2N5O2S3/c1-25-7-4-8-26(2,14-25)23(29)18(12-25)34(3)21-13-30-24(33-32-21)17-6-5-15(9-19(17)35)16-10-20(28)31-22(11-16)36-27(37,38)39/h5-6,9-11,13,18,23,35,37-39H,4,7-8,12,14H2,1-3H3/t18-,23-,25-,26-/m1/s1. The number of hydrogen-bond acceptors (Lipinski definition) is 10. The van der Waals surface area contributed by atoms with Crippen molar-refractivity contribution >= 4 is 43.7 Å². The Morgan fingerprint density at radius 2 is 1.87 bits per heavy atom. The number of pyridine rings is 1. The second kappa shape index (κ2) is 10.3. The van der Waals surface area contributed by atoms with Crippen molar-refractivity contribution in [3.05, 3.63) is 42.5 Å². The molecule has 1 N–H and O–H groups in total. The minimum absolute atomic E-state index is 0.0686. The number of thiol groups is 3. The van der Waals surface area contributed by atoms with Crippen LogP contribution in [0, 0.1) is 16.8 Å². The number of phenols is 1. The molecule has 0 aliphatic heterocycles. The number of nitrogens with zero attached hydrogens (tertiary/aromatic N) is 5. The maximum atomic E-state index is 15.7. The molecule has 2 heterocycles. The van der Waals surface area contributed by atoms with Gasteiger partial charge in [-0.3, -0.25) is 0 Å². The van der Waals surface area contributed by atoms with Crippen LogP contribution in [0.4, 0.5) is 14.6 Å². The van der Waals surface area contributed by atoms with E-state index in [0.29, 0.717) is 22.5 Å². The van der Waals surface area contributed by atoms with Crippen LogP contribution < -0.4 is 9.64 Å². The molecular formula is C27H31F2N5O2S3. The number of phenolic OH excluding ortho intramolecular Hbond substituents is 1. The van der Waals surface area contributed by atoms with Crippen molar-refractivity contribution in [2.45, 2.75) is 61.8 Å². The lowest BCUT2D eigenvalue weighted by Crippen LogP contribution is -2.57. The van der Waals surface area contributed by atoms with Gasteiger partial charge in [0.05, 0.1) is 17.8 Å². The lowest BCUT2D eigenvalue weighted by atomic mass is 9.54. The SMILES string of the molecule is CN(c1cnc(-c2ccc(-c3cc(F)nc(OC(S)(S)S)c3)cc2O)nn1)[C@@H]1C[C@@]2(C)CCC[C@](C)(C2)[C@@H]1F. The summed E-state index contributed by atoms with van der Waals surface area (Å²) >= 11 is 12.1. The molecule has 0 spiro atoms. The molecule has 2 aliphatic rings. The number of aromatic hydroxyl groups is 1. The highest BCUT2D eigenvalue weighted by Crippen LogP contribution is 2.57. The van der Waals surface area contributed by atoms with E-state index in [-0.39, 0.29) is 34.3 Å². The minimum atomic E-state index is -1.45. The van der Waals surface area contributed by atoms with Crippen LogP contribution in [0.2, 0.25) is 0 Å². The summed E-state index contributed by atoms with van der Waals surface area (Å²) in [5, 5.41) is 19.3. The Labute approximate surface area is 243 Å². The number of anilines is 1. The third-order valence-corrected chi connectivity index (χ3v) is 8.33. The molecule has 2 saturated carbocycles. The summed E-state index contributed by atoms with van der Waals surface area (Å²) in [4.78, 5) is 9.93. The number of fused-ring (bicyclic) bond motifs is 2. The van der Waals surface area contributed by atoms with Gasteiger partial charge in [-0.15, -0.1) is 48.1 Å². The number of rotatable bonds is 6. The van der Waals surface area contributed by atoms with Gasteiger partial charge in [0.1, 0.15) is 11.9 Å². The first-order valence-corrected chi connectivity index (χ1v) is 14.0. The van der Waals surface area contributed by atoms with E-state index in [1.807, 2.05) is 11.9 Å². The molecule has 12 heteroatoms. The Balaban J connectivity index is 1.36. The quantitative estimate of drug-likeness (QED) is 0.151. The molecule has 0 saturated heterocycles. The second-order valence-corrected chi connectivity index (χ2v) is 14.3. The van der Waals surface area contributed by atoms with Gasteiger partial charge in [0, 0.05) is 24.6 Å². The highest BCUT2D eigenvalue weighted by molar-refractivity contribution is 8.16. The zero-order valence-electron chi connectivity index (χ0n) is 21.8. The molecule has 2 aliphatic carbocycles. The Morgan fingerprint density at radius 1 is 1.10 bits per heavy atom. The maximum absolute atomic E-state index is 15.7. The smallest absolute Gasteiger partial charge is 0.242 e. The van der Waals surface area contributed by atoms with Gasteiger partial charge in [0.15, 0.2) is 11.6 Å². The number of alkyl halides is 1. The van der Waals surface area contributed by atoms with E-state index in [4.69, 9.17) is 4.74 Å². The molecule has 208 valence electrons. The fraction of sp³-hybridized carbons (Fsp3) is 0.481. The lowest BCUT2D eigenvalue weighted by molar-refractivity contribution is -0.0540. The molecule has 2 fully saturated rings. The largest absolute Gasteiger partial charge is 0.507 e. The van der Waals surface area contributed by atoms with Gasteiger partial charge in [-0.25, -0.2) is 9.37 Å². The number of benzene rings is 1. The average Bonchev–Trinajstić information content (AvgIpc) is 2.84. The molecule has 7 nitrogen and oxygen atoms in total. The van der Waals surface area contributed by atoms with Crippen molar-refractivity contribution in [2.24, 2.45) is 10.8 Å². The number of hydrogen-bond donors (Lipinski definition) is 4. The normalized spacial score (nSPS) is 26.8. The van der Waals surface area contributed by atoms with Gasteiger partial charge in [0.2, 0.25) is 15.4 Å². The van der Waals surface area contributed by atoms with Crippen LogP contribution in [0.25, 0.3) is 22.5 Å². The first-order chi connectivity index (χ1) is 18.3. The Bertz CT molecular complexity index is 1380. The monoisotopic (exact) mass is 591 g/mol. The molecule has 0 unspecified atom stereocenters. The van der Waals surface area contributed by atoms with Crippen LogP contribution >= 0.6 is 37.9 Å². The van der Waals surface area contributed by atoms with Crippen LogP contribution in [-0.2, 0) is 0 Å². The summed E-state index contributed by atoms with van der Waals surface area (Å²) in [6, 6.07) is 7.14. The molecule has 4 atom stereocenters. The van der Waals surface area contributed by atoms with Crippen LogP contribution in [0.3, 0.4) is 0 Å². The van der Waals surface area contributed by atoms with Gasteiger partial charge >= 0.3 is 0 Å². The molecule has 1 aromatic carbocycles. The zero-order chi connectivity index (χ0) is 28.2. The average molecular weight is 592 g/mol. The first-order valence-electron chi connectivity index (χ1n) is 12.7. The van der Waals surface area contributed by atoms with Crippen molar-refractivity contribution in [1.29, 1.82) is 0 Å². The Morgan fingerprint density at radius 3 is 2.54 bits per heavy atom. The predicted molar refractivity (Wildman–Crippen MR) is 157 cm³/mol. The fourth-order valence-corrected chi connectivity index (χ4v) is 6.62. The zero-order valence-corrected chi connectivity index (χ0v) is 24.5. The third kappa shape index (κ3) is 5.92. The van der Waals surface area contributed by atoms with Crippen LogP contribution in [-0.4, -0.2) is 48.1 Å². The van der Waals surface area contributed by atoms with E-state index in [0.717, 1.165) is 32.1 Å². The van der Waals surface area contributed by atoms with Crippen LogP contribution in [0.1, 0.15) is 46.0 Å². The van der Waals surface area contributed by atoms with E-state index in [2.05, 4.69) is 71.9 Å².